The molecule has 0 bridgehead atoms. The van der Waals surface area contributed by atoms with Crippen LogP contribution in [-0.2, 0) is 6.18 Å². The number of amides is 2. The molecule has 11 heteroatoms. The summed E-state index contributed by atoms with van der Waals surface area (Å²) in [6.45, 7) is 2.90. The maximum atomic E-state index is 13.6. The van der Waals surface area contributed by atoms with E-state index in [-0.39, 0.29) is 22.6 Å². The Morgan fingerprint density at radius 2 is 1.69 bits per heavy atom. The Bertz CT molecular complexity index is 1380. The second-order valence-corrected chi connectivity index (χ2v) is 8.52. The summed E-state index contributed by atoms with van der Waals surface area (Å²) in [6, 6.07) is 10.4. The van der Waals surface area contributed by atoms with Gasteiger partial charge in [0.15, 0.2) is 5.69 Å². The van der Waals surface area contributed by atoms with Crippen LogP contribution < -0.4 is 21.4 Å². The molecule has 4 rings (SSSR count). The van der Waals surface area contributed by atoms with Crippen molar-refractivity contribution in [2.24, 2.45) is 5.73 Å². The van der Waals surface area contributed by atoms with E-state index in [9.17, 15) is 27.6 Å². The fraction of sp³-hybridized carbons (Fsp3) is 0.280. The summed E-state index contributed by atoms with van der Waals surface area (Å²) >= 11 is 0. The van der Waals surface area contributed by atoms with E-state index in [1.54, 1.807) is 12.1 Å². The first kappa shape index (κ1) is 25.0. The maximum absolute atomic E-state index is 13.6. The molecule has 1 saturated heterocycles. The molecule has 0 aliphatic carbocycles. The van der Waals surface area contributed by atoms with Gasteiger partial charge in [0.05, 0.1) is 22.6 Å². The van der Waals surface area contributed by atoms with Gasteiger partial charge >= 0.3 is 6.18 Å². The monoisotopic (exact) mass is 499 g/mol. The summed E-state index contributed by atoms with van der Waals surface area (Å²) in [5.41, 5.74) is 3.95. The lowest BCUT2D eigenvalue weighted by molar-refractivity contribution is -0.137. The molecule has 0 atom stereocenters. The van der Waals surface area contributed by atoms with Gasteiger partial charge in [-0.3, -0.25) is 14.4 Å². The number of nitrogens with one attached hydrogen (secondary N) is 1. The van der Waals surface area contributed by atoms with Gasteiger partial charge in [-0.15, -0.1) is 0 Å². The molecule has 1 aliphatic heterocycles. The van der Waals surface area contributed by atoms with E-state index in [0.29, 0.717) is 5.69 Å². The van der Waals surface area contributed by atoms with Crippen LogP contribution in [0.1, 0.15) is 51.4 Å². The highest BCUT2D eigenvalue weighted by molar-refractivity contribution is 6.06. The topological polar surface area (TPSA) is 110 Å². The number of piperidine rings is 1. The Labute approximate surface area is 204 Å². The number of halogens is 3. The van der Waals surface area contributed by atoms with Gasteiger partial charge in [0.2, 0.25) is 11.3 Å². The van der Waals surface area contributed by atoms with Gasteiger partial charge in [-0.05, 0) is 56.5 Å². The quantitative estimate of drug-likeness (QED) is 0.553. The van der Waals surface area contributed by atoms with Crippen molar-refractivity contribution in [3.8, 4) is 5.69 Å². The zero-order valence-corrected chi connectivity index (χ0v) is 19.4. The van der Waals surface area contributed by atoms with Crippen LogP contribution in [-0.4, -0.2) is 34.7 Å². The number of aryl methyl sites for hydroxylation is 1. The van der Waals surface area contributed by atoms with Gasteiger partial charge in [0.25, 0.3) is 5.91 Å². The lowest BCUT2D eigenvalue weighted by Gasteiger charge is -2.30. The molecule has 8 nitrogen and oxygen atoms in total. The SMILES string of the molecule is Cc1cc(=O)c(C(=O)Nc2cc(C(N)=O)ccc2N2CCCCC2)nn1-c1ccccc1C(F)(F)F. The smallest absolute Gasteiger partial charge is 0.370 e. The molecule has 3 aromatic rings. The van der Waals surface area contributed by atoms with Crippen molar-refractivity contribution in [1.82, 2.24) is 9.78 Å². The number of carbonyl (C=O) groups excluding carboxylic acids is 2. The summed E-state index contributed by atoms with van der Waals surface area (Å²) in [5, 5.41) is 6.62. The van der Waals surface area contributed by atoms with E-state index in [1.165, 1.54) is 31.2 Å². The lowest BCUT2D eigenvalue weighted by atomic mass is 10.1. The number of alkyl halides is 3. The highest BCUT2D eigenvalue weighted by Gasteiger charge is 2.34. The number of carbonyl (C=O) groups is 2. The van der Waals surface area contributed by atoms with Gasteiger partial charge in [-0.1, -0.05) is 12.1 Å². The molecule has 0 radical (unpaired) electrons. The second-order valence-electron chi connectivity index (χ2n) is 8.52. The van der Waals surface area contributed by atoms with Crippen LogP contribution in [0.5, 0.6) is 0 Å². The Hall–Kier alpha value is -4.15. The van der Waals surface area contributed by atoms with Crippen molar-refractivity contribution in [2.75, 3.05) is 23.3 Å². The van der Waals surface area contributed by atoms with Crippen LogP contribution in [0.15, 0.2) is 53.3 Å². The van der Waals surface area contributed by atoms with E-state index < -0.39 is 34.7 Å². The van der Waals surface area contributed by atoms with Crippen LogP contribution in [0.25, 0.3) is 5.69 Å². The van der Waals surface area contributed by atoms with Crippen molar-refractivity contribution < 1.29 is 22.8 Å². The number of nitrogens with two attached hydrogens (primary N) is 1. The molecule has 36 heavy (non-hydrogen) atoms. The average molecular weight is 499 g/mol. The molecule has 1 aromatic heterocycles. The Morgan fingerprint density at radius 3 is 2.36 bits per heavy atom. The molecular weight excluding hydrogens is 475 g/mol. The van der Waals surface area contributed by atoms with Crippen molar-refractivity contribution in [2.45, 2.75) is 32.4 Å². The largest absolute Gasteiger partial charge is 0.418 e. The molecule has 2 amide bonds. The summed E-state index contributed by atoms with van der Waals surface area (Å²) in [4.78, 5) is 39.6. The first-order chi connectivity index (χ1) is 17.1. The fourth-order valence-electron chi connectivity index (χ4n) is 4.23. The molecule has 1 fully saturated rings. The van der Waals surface area contributed by atoms with Crippen LogP contribution in [0.4, 0.5) is 24.5 Å². The number of para-hydroxylation sites is 1. The summed E-state index contributed by atoms with van der Waals surface area (Å²) in [5.74, 6) is -1.62. The molecule has 1 aliphatic rings. The van der Waals surface area contributed by atoms with E-state index in [0.717, 1.165) is 49.2 Å². The van der Waals surface area contributed by atoms with E-state index in [4.69, 9.17) is 5.73 Å². The molecule has 0 saturated carbocycles. The van der Waals surface area contributed by atoms with Gasteiger partial charge in [0.1, 0.15) is 0 Å². The van der Waals surface area contributed by atoms with Crippen LogP contribution in [0, 0.1) is 6.92 Å². The molecular formula is C25H24F3N5O3. The standard InChI is InChI=1S/C25H24F3N5O3/c1-15-13-21(34)22(31-33(15)19-8-4-3-7-17(19)25(26,27)28)24(36)30-18-14-16(23(29)35)9-10-20(18)32-11-5-2-6-12-32/h3-4,7-10,13-14H,2,5-6,11-12H2,1H3,(H2,29,35)(H,30,36). The van der Waals surface area contributed by atoms with Crippen molar-refractivity contribution in [1.29, 1.82) is 0 Å². The maximum Gasteiger partial charge on any atom is 0.418 e. The minimum atomic E-state index is -4.67. The van der Waals surface area contributed by atoms with Crippen molar-refractivity contribution >= 4 is 23.2 Å². The highest BCUT2D eigenvalue weighted by atomic mass is 19.4. The molecule has 3 N–H and O–H groups in total. The minimum absolute atomic E-state index is 0.123. The van der Waals surface area contributed by atoms with Crippen LogP contribution in [0.2, 0.25) is 0 Å². The number of benzene rings is 2. The molecule has 0 spiro atoms. The summed E-state index contributed by atoms with van der Waals surface area (Å²) in [7, 11) is 0. The first-order valence-electron chi connectivity index (χ1n) is 11.3. The van der Waals surface area contributed by atoms with Gasteiger partial charge in [0, 0.05) is 30.4 Å². The summed E-state index contributed by atoms with van der Waals surface area (Å²) in [6.07, 6.45) is -1.69. The number of anilines is 2. The highest BCUT2D eigenvalue weighted by Crippen LogP contribution is 2.34. The fourth-order valence-corrected chi connectivity index (χ4v) is 4.23. The predicted octanol–water partition coefficient (Wildman–Crippen LogP) is 3.90. The minimum Gasteiger partial charge on any atom is -0.370 e. The third-order valence-corrected chi connectivity index (χ3v) is 5.99. The average Bonchev–Trinajstić information content (AvgIpc) is 2.84. The molecule has 0 unspecified atom stereocenters. The first-order valence-corrected chi connectivity index (χ1v) is 11.3. The Kier molecular flexibility index (Phi) is 6.82. The van der Waals surface area contributed by atoms with Gasteiger partial charge < -0.3 is 16.0 Å². The van der Waals surface area contributed by atoms with Crippen molar-refractivity contribution in [3.63, 3.8) is 0 Å². The number of rotatable bonds is 5. The second kappa shape index (κ2) is 9.84. The van der Waals surface area contributed by atoms with E-state index >= 15 is 0 Å². The van der Waals surface area contributed by atoms with Gasteiger partial charge in [-0.2, -0.15) is 18.3 Å². The third kappa shape index (κ3) is 5.09. The summed E-state index contributed by atoms with van der Waals surface area (Å²) < 4.78 is 41.7. The Balaban J connectivity index is 1.76. The Morgan fingerprint density at radius 1 is 1.00 bits per heavy atom. The molecule has 2 heterocycles. The number of hydrogen-bond acceptors (Lipinski definition) is 5. The number of aromatic nitrogens is 2. The molecule has 2 aromatic carbocycles. The van der Waals surface area contributed by atoms with E-state index in [2.05, 4.69) is 10.4 Å². The van der Waals surface area contributed by atoms with Crippen LogP contribution in [0.3, 0.4) is 0 Å². The number of nitrogens with zero attached hydrogens (tertiary/aromatic N) is 3. The number of hydrogen-bond donors (Lipinski definition) is 2. The normalized spacial score (nSPS) is 13.9. The zero-order chi connectivity index (χ0) is 26.0. The third-order valence-electron chi connectivity index (χ3n) is 5.99. The number of primary amides is 1. The lowest BCUT2D eigenvalue weighted by Crippen LogP contribution is -2.32. The van der Waals surface area contributed by atoms with E-state index in [1.807, 2.05) is 4.90 Å². The molecule has 188 valence electrons. The predicted molar refractivity (Wildman–Crippen MR) is 129 cm³/mol. The van der Waals surface area contributed by atoms with Crippen molar-refractivity contribution in [3.05, 3.63) is 81.3 Å². The zero-order valence-electron chi connectivity index (χ0n) is 19.4. The van der Waals surface area contributed by atoms with Gasteiger partial charge in [-0.25, -0.2) is 4.68 Å². The van der Waals surface area contributed by atoms with Crippen LogP contribution >= 0.6 is 0 Å².